The first-order chi connectivity index (χ1) is 11.6. The molecular formula is C17H19N3O4. The highest BCUT2D eigenvalue weighted by Crippen LogP contribution is 2.28. The Morgan fingerprint density at radius 2 is 1.96 bits per heavy atom. The van der Waals surface area contributed by atoms with Crippen LogP contribution in [0.1, 0.15) is 23.3 Å². The lowest BCUT2D eigenvalue weighted by atomic mass is 10.1. The number of ketones is 1. The van der Waals surface area contributed by atoms with Gasteiger partial charge in [0.2, 0.25) is 5.91 Å². The highest BCUT2D eigenvalue weighted by molar-refractivity contribution is 6.11. The van der Waals surface area contributed by atoms with Crippen LogP contribution in [0.15, 0.2) is 24.3 Å². The van der Waals surface area contributed by atoms with Crippen molar-refractivity contribution in [2.75, 3.05) is 32.1 Å². The third-order valence-electron chi connectivity index (χ3n) is 4.14. The van der Waals surface area contributed by atoms with Gasteiger partial charge in [0.05, 0.1) is 19.3 Å². The standard InChI is InChI=1S/C17H19N3O4/c1-24-17(23)16-15(12-4-2-3-5-13(12)18-16)19-14(22)10-20-8-6-11(21)7-9-20/h2-5,18H,6-10H2,1H3,(H,19,22). The minimum Gasteiger partial charge on any atom is -0.464 e. The van der Waals surface area contributed by atoms with E-state index in [4.69, 9.17) is 4.74 Å². The first-order valence-electron chi connectivity index (χ1n) is 7.81. The summed E-state index contributed by atoms with van der Waals surface area (Å²) in [7, 11) is 1.30. The van der Waals surface area contributed by atoms with Crippen LogP contribution >= 0.6 is 0 Å². The maximum atomic E-state index is 12.4. The van der Waals surface area contributed by atoms with Crippen molar-refractivity contribution in [1.82, 2.24) is 9.88 Å². The van der Waals surface area contributed by atoms with Gasteiger partial charge in [-0.15, -0.1) is 0 Å². The monoisotopic (exact) mass is 329 g/mol. The Morgan fingerprint density at radius 3 is 2.67 bits per heavy atom. The number of Topliss-reactive ketones (excluding diaryl/α,β-unsaturated/α-hetero) is 1. The number of aromatic amines is 1. The second kappa shape index (κ2) is 6.84. The summed E-state index contributed by atoms with van der Waals surface area (Å²) >= 11 is 0. The van der Waals surface area contributed by atoms with E-state index in [0.29, 0.717) is 31.6 Å². The molecule has 0 radical (unpaired) electrons. The van der Waals surface area contributed by atoms with Crippen LogP contribution < -0.4 is 5.32 Å². The maximum absolute atomic E-state index is 12.4. The molecule has 2 N–H and O–H groups in total. The van der Waals surface area contributed by atoms with Crippen molar-refractivity contribution in [3.8, 4) is 0 Å². The molecular weight excluding hydrogens is 310 g/mol. The number of methoxy groups -OCH3 is 1. The quantitative estimate of drug-likeness (QED) is 0.831. The summed E-state index contributed by atoms with van der Waals surface area (Å²) in [5.74, 6) is -0.527. The second-order valence-electron chi connectivity index (χ2n) is 5.78. The first-order valence-corrected chi connectivity index (χ1v) is 7.81. The first kappa shape index (κ1) is 16.2. The number of likely N-dealkylation sites (tertiary alicyclic amines) is 1. The number of hydrogen-bond acceptors (Lipinski definition) is 5. The Labute approximate surface area is 139 Å². The van der Waals surface area contributed by atoms with Crippen LogP contribution in [-0.2, 0) is 14.3 Å². The number of benzene rings is 1. The average molecular weight is 329 g/mol. The Bertz CT molecular complexity index is 786. The number of nitrogens with one attached hydrogen (secondary N) is 2. The molecule has 0 unspecified atom stereocenters. The molecule has 1 aromatic heterocycles. The lowest BCUT2D eigenvalue weighted by Gasteiger charge is -2.24. The van der Waals surface area contributed by atoms with Gasteiger partial charge >= 0.3 is 5.97 Å². The smallest absolute Gasteiger partial charge is 0.356 e. The number of esters is 1. The molecule has 1 saturated heterocycles. The minimum atomic E-state index is -0.537. The number of H-pyrrole nitrogens is 1. The van der Waals surface area contributed by atoms with E-state index in [0.717, 1.165) is 10.9 Å². The van der Waals surface area contributed by atoms with Gasteiger partial charge < -0.3 is 15.0 Å². The molecule has 7 heteroatoms. The van der Waals surface area contributed by atoms with Crippen molar-refractivity contribution in [2.45, 2.75) is 12.8 Å². The number of carbonyl (C=O) groups excluding carboxylic acids is 3. The van der Waals surface area contributed by atoms with Crippen molar-refractivity contribution in [3.05, 3.63) is 30.0 Å². The number of piperidine rings is 1. The lowest BCUT2D eigenvalue weighted by Crippen LogP contribution is -2.39. The highest BCUT2D eigenvalue weighted by Gasteiger charge is 2.22. The Balaban J connectivity index is 1.79. The topological polar surface area (TPSA) is 91.5 Å². The number of aromatic nitrogens is 1. The molecule has 1 aliphatic heterocycles. The van der Waals surface area contributed by atoms with Crippen LogP contribution in [0.4, 0.5) is 5.69 Å². The van der Waals surface area contributed by atoms with Crippen LogP contribution in [0.2, 0.25) is 0 Å². The molecule has 3 rings (SSSR count). The number of ether oxygens (including phenoxy) is 1. The summed E-state index contributed by atoms with van der Waals surface area (Å²) < 4.78 is 4.78. The summed E-state index contributed by atoms with van der Waals surface area (Å²) in [6.07, 6.45) is 0.960. The van der Waals surface area contributed by atoms with Crippen molar-refractivity contribution in [3.63, 3.8) is 0 Å². The van der Waals surface area contributed by atoms with Gasteiger partial charge in [0.1, 0.15) is 11.5 Å². The third-order valence-corrected chi connectivity index (χ3v) is 4.14. The fraction of sp³-hybridized carbons (Fsp3) is 0.353. The molecule has 1 aromatic carbocycles. The number of amides is 1. The summed E-state index contributed by atoms with van der Waals surface area (Å²) in [4.78, 5) is 40.5. The van der Waals surface area contributed by atoms with Gasteiger partial charge in [-0.2, -0.15) is 0 Å². The lowest BCUT2D eigenvalue weighted by molar-refractivity contribution is -0.124. The summed E-state index contributed by atoms with van der Waals surface area (Å²) in [6, 6.07) is 7.33. The molecule has 1 fully saturated rings. The van der Waals surface area contributed by atoms with E-state index in [9.17, 15) is 14.4 Å². The number of anilines is 1. The third kappa shape index (κ3) is 3.30. The molecule has 2 aromatic rings. The van der Waals surface area contributed by atoms with E-state index >= 15 is 0 Å². The van der Waals surface area contributed by atoms with Crippen molar-refractivity contribution >= 4 is 34.3 Å². The van der Waals surface area contributed by atoms with E-state index in [2.05, 4.69) is 10.3 Å². The van der Waals surface area contributed by atoms with Gasteiger partial charge in [-0.1, -0.05) is 18.2 Å². The number of para-hydroxylation sites is 1. The molecule has 0 spiro atoms. The average Bonchev–Trinajstić information content (AvgIpc) is 2.95. The molecule has 0 aliphatic carbocycles. The van der Waals surface area contributed by atoms with Crippen LogP contribution in [0.5, 0.6) is 0 Å². The fourth-order valence-electron chi connectivity index (χ4n) is 2.87. The predicted octanol–water partition coefficient (Wildman–Crippen LogP) is 1.56. The number of rotatable bonds is 4. The van der Waals surface area contributed by atoms with E-state index in [1.807, 2.05) is 29.2 Å². The summed E-state index contributed by atoms with van der Waals surface area (Å²) in [5, 5.41) is 3.56. The molecule has 1 aliphatic rings. The molecule has 7 nitrogen and oxygen atoms in total. The zero-order valence-electron chi connectivity index (χ0n) is 13.4. The second-order valence-corrected chi connectivity index (χ2v) is 5.78. The number of fused-ring (bicyclic) bond motifs is 1. The van der Waals surface area contributed by atoms with Crippen molar-refractivity contribution < 1.29 is 19.1 Å². The van der Waals surface area contributed by atoms with Crippen molar-refractivity contribution in [2.24, 2.45) is 0 Å². The van der Waals surface area contributed by atoms with Gasteiger partial charge in [0.15, 0.2) is 0 Å². The summed E-state index contributed by atoms with van der Waals surface area (Å²) in [6.45, 7) is 1.36. The molecule has 0 bridgehead atoms. The van der Waals surface area contributed by atoms with Crippen LogP contribution in [0.3, 0.4) is 0 Å². The largest absolute Gasteiger partial charge is 0.464 e. The molecule has 0 atom stereocenters. The summed E-state index contributed by atoms with van der Waals surface area (Å²) in [5.41, 5.74) is 1.40. The van der Waals surface area contributed by atoms with Crippen LogP contribution in [-0.4, -0.2) is 54.3 Å². The van der Waals surface area contributed by atoms with E-state index in [-0.39, 0.29) is 23.9 Å². The normalized spacial score (nSPS) is 15.5. The number of hydrogen-bond donors (Lipinski definition) is 2. The number of nitrogens with zero attached hydrogens (tertiary/aromatic N) is 1. The van der Waals surface area contributed by atoms with Gasteiger partial charge in [0.25, 0.3) is 0 Å². The maximum Gasteiger partial charge on any atom is 0.356 e. The fourth-order valence-corrected chi connectivity index (χ4v) is 2.87. The van der Waals surface area contributed by atoms with Crippen LogP contribution in [0.25, 0.3) is 10.9 Å². The number of carbonyl (C=O) groups is 3. The molecule has 0 saturated carbocycles. The zero-order valence-corrected chi connectivity index (χ0v) is 13.4. The Kier molecular flexibility index (Phi) is 4.61. The molecule has 2 heterocycles. The van der Waals surface area contributed by atoms with E-state index in [1.165, 1.54) is 7.11 Å². The van der Waals surface area contributed by atoms with E-state index in [1.54, 1.807) is 0 Å². The van der Waals surface area contributed by atoms with Gasteiger partial charge in [-0.3, -0.25) is 14.5 Å². The van der Waals surface area contributed by atoms with Crippen molar-refractivity contribution in [1.29, 1.82) is 0 Å². The van der Waals surface area contributed by atoms with Crippen LogP contribution in [0, 0.1) is 0 Å². The zero-order chi connectivity index (χ0) is 17.1. The predicted molar refractivity (Wildman–Crippen MR) is 88.9 cm³/mol. The van der Waals surface area contributed by atoms with Gasteiger partial charge in [0, 0.05) is 36.8 Å². The molecule has 1 amide bonds. The van der Waals surface area contributed by atoms with Gasteiger partial charge in [-0.25, -0.2) is 4.79 Å². The Hall–Kier alpha value is -2.67. The SMILES string of the molecule is COC(=O)c1[nH]c2ccccc2c1NC(=O)CN1CCC(=O)CC1. The molecule has 126 valence electrons. The highest BCUT2D eigenvalue weighted by atomic mass is 16.5. The Morgan fingerprint density at radius 1 is 1.25 bits per heavy atom. The van der Waals surface area contributed by atoms with E-state index < -0.39 is 5.97 Å². The minimum absolute atomic E-state index is 0.188. The van der Waals surface area contributed by atoms with Gasteiger partial charge in [-0.05, 0) is 6.07 Å². The molecule has 24 heavy (non-hydrogen) atoms.